The van der Waals surface area contributed by atoms with Gasteiger partial charge in [0.1, 0.15) is 0 Å². The first-order valence-electron chi connectivity index (χ1n) is 6.57. The van der Waals surface area contributed by atoms with E-state index in [-0.39, 0.29) is 0 Å². The van der Waals surface area contributed by atoms with Crippen molar-refractivity contribution < 1.29 is 0 Å². The number of anilines is 1. The highest BCUT2D eigenvalue weighted by molar-refractivity contribution is 5.57. The summed E-state index contributed by atoms with van der Waals surface area (Å²) in [6.07, 6.45) is 1.77. The Morgan fingerprint density at radius 3 is 2.58 bits per heavy atom. The molecule has 2 aromatic heterocycles. The van der Waals surface area contributed by atoms with Crippen LogP contribution in [-0.2, 0) is 0 Å². The first-order valence-corrected chi connectivity index (χ1v) is 6.57. The molecule has 0 radical (unpaired) electrons. The van der Waals surface area contributed by atoms with Gasteiger partial charge in [-0.1, -0.05) is 0 Å². The number of piperazine rings is 1. The molecular weight excluding hydrogens is 242 g/mol. The van der Waals surface area contributed by atoms with Gasteiger partial charge in [-0.15, -0.1) is 5.10 Å². The van der Waals surface area contributed by atoms with Crippen molar-refractivity contribution >= 4 is 5.95 Å². The van der Waals surface area contributed by atoms with Gasteiger partial charge in [0, 0.05) is 30.9 Å². The zero-order chi connectivity index (χ0) is 13.4. The fourth-order valence-corrected chi connectivity index (χ4v) is 2.59. The van der Waals surface area contributed by atoms with Crippen molar-refractivity contribution in [2.45, 2.75) is 32.9 Å². The predicted molar refractivity (Wildman–Crippen MR) is 73.0 cm³/mol. The Kier molecular flexibility index (Phi) is 2.98. The highest BCUT2D eigenvalue weighted by Gasteiger charge is 2.24. The van der Waals surface area contributed by atoms with E-state index in [0.29, 0.717) is 12.1 Å². The quantitative estimate of drug-likeness (QED) is 0.740. The molecule has 1 aliphatic heterocycles. The molecule has 0 aliphatic carbocycles. The van der Waals surface area contributed by atoms with Crippen molar-refractivity contribution in [3.05, 3.63) is 11.9 Å². The van der Waals surface area contributed by atoms with E-state index in [4.69, 9.17) is 0 Å². The summed E-state index contributed by atoms with van der Waals surface area (Å²) in [4.78, 5) is 6.79. The van der Waals surface area contributed by atoms with E-state index in [1.807, 2.05) is 6.92 Å². The normalized spacial score (nSPS) is 23.8. The molecular formula is C12H19N7. The zero-order valence-electron chi connectivity index (χ0n) is 11.4. The fourth-order valence-electron chi connectivity index (χ4n) is 2.59. The lowest BCUT2D eigenvalue weighted by Crippen LogP contribution is -2.54. The number of aromatic amines is 2. The van der Waals surface area contributed by atoms with E-state index >= 15 is 0 Å². The molecule has 1 saturated heterocycles. The number of hydrogen-bond acceptors (Lipinski definition) is 5. The molecule has 7 nitrogen and oxygen atoms in total. The summed E-state index contributed by atoms with van der Waals surface area (Å²) >= 11 is 0. The summed E-state index contributed by atoms with van der Waals surface area (Å²) in [5, 5.41) is 17.7. The van der Waals surface area contributed by atoms with Crippen LogP contribution < -0.4 is 10.2 Å². The molecule has 0 saturated carbocycles. The number of aryl methyl sites for hydroxylation is 1. The number of nitrogens with one attached hydrogen (secondary N) is 3. The minimum atomic E-state index is 0.446. The van der Waals surface area contributed by atoms with Gasteiger partial charge in [-0.2, -0.15) is 10.1 Å². The van der Waals surface area contributed by atoms with Crippen LogP contribution in [0.3, 0.4) is 0 Å². The highest BCUT2D eigenvalue weighted by atomic mass is 15.4. The van der Waals surface area contributed by atoms with E-state index < -0.39 is 0 Å². The molecule has 3 heterocycles. The van der Waals surface area contributed by atoms with Crippen molar-refractivity contribution in [3.8, 4) is 11.4 Å². The largest absolute Gasteiger partial charge is 0.336 e. The monoisotopic (exact) mass is 261 g/mol. The average Bonchev–Trinajstić information content (AvgIpc) is 2.95. The predicted octanol–water partition coefficient (Wildman–Crippen LogP) is 0.690. The Balaban J connectivity index is 1.83. The molecule has 0 spiro atoms. The molecule has 2 aromatic rings. The Morgan fingerprint density at radius 1 is 1.21 bits per heavy atom. The van der Waals surface area contributed by atoms with Crippen molar-refractivity contribution in [1.29, 1.82) is 0 Å². The minimum Gasteiger partial charge on any atom is -0.336 e. The first-order chi connectivity index (χ1) is 9.13. The van der Waals surface area contributed by atoms with Crippen molar-refractivity contribution in [2.24, 2.45) is 0 Å². The second-order valence-corrected chi connectivity index (χ2v) is 5.27. The average molecular weight is 261 g/mol. The van der Waals surface area contributed by atoms with Crippen molar-refractivity contribution in [2.75, 3.05) is 18.0 Å². The number of H-pyrrole nitrogens is 2. The topological polar surface area (TPSA) is 85.5 Å². The maximum atomic E-state index is 4.58. The lowest BCUT2D eigenvalue weighted by Gasteiger charge is -2.35. The van der Waals surface area contributed by atoms with E-state index in [1.165, 1.54) is 0 Å². The molecule has 0 amide bonds. The maximum absolute atomic E-state index is 4.58. The molecule has 1 aliphatic rings. The summed E-state index contributed by atoms with van der Waals surface area (Å²) in [6.45, 7) is 8.17. The number of rotatable bonds is 2. The molecule has 19 heavy (non-hydrogen) atoms. The van der Waals surface area contributed by atoms with Gasteiger partial charge in [-0.05, 0) is 20.8 Å². The molecule has 0 aromatic carbocycles. The van der Waals surface area contributed by atoms with Crippen molar-refractivity contribution in [3.63, 3.8) is 0 Å². The third-order valence-electron chi connectivity index (χ3n) is 3.40. The Bertz CT molecular complexity index is 548. The molecule has 3 N–H and O–H groups in total. The van der Waals surface area contributed by atoms with Crippen LogP contribution in [0, 0.1) is 6.92 Å². The third-order valence-corrected chi connectivity index (χ3v) is 3.40. The summed E-state index contributed by atoms with van der Waals surface area (Å²) in [5.74, 6) is 1.52. The van der Waals surface area contributed by atoms with Crippen molar-refractivity contribution in [1.82, 2.24) is 30.7 Å². The number of hydrogen-bond donors (Lipinski definition) is 3. The summed E-state index contributed by atoms with van der Waals surface area (Å²) in [7, 11) is 0. The summed E-state index contributed by atoms with van der Waals surface area (Å²) in [6, 6.07) is 0.891. The van der Waals surface area contributed by atoms with E-state index in [2.05, 4.69) is 49.4 Å². The molecule has 0 bridgehead atoms. The molecule has 2 unspecified atom stereocenters. The van der Waals surface area contributed by atoms with E-state index in [0.717, 1.165) is 36.1 Å². The Morgan fingerprint density at radius 2 is 1.95 bits per heavy atom. The van der Waals surface area contributed by atoms with Crippen LogP contribution in [-0.4, -0.2) is 50.6 Å². The van der Waals surface area contributed by atoms with Crippen LogP contribution in [0.25, 0.3) is 11.4 Å². The fraction of sp³-hybridized carbons (Fsp3) is 0.583. The van der Waals surface area contributed by atoms with Crippen LogP contribution in [0.2, 0.25) is 0 Å². The summed E-state index contributed by atoms with van der Waals surface area (Å²) < 4.78 is 0. The van der Waals surface area contributed by atoms with Crippen LogP contribution in [0.1, 0.15) is 19.5 Å². The Labute approximate surface area is 111 Å². The molecule has 7 heteroatoms. The van der Waals surface area contributed by atoms with E-state index in [1.54, 1.807) is 6.20 Å². The van der Waals surface area contributed by atoms with Gasteiger partial charge in [0.25, 0.3) is 0 Å². The second-order valence-electron chi connectivity index (χ2n) is 5.27. The smallest absolute Gasteiger partial charge is 0.245 e. The van der Waals surface area contributed by atoms with Gasteiger partial charge >= 0.3 is 0 Å². The lowest BCUT2D eigenvalue weighted by molar-refractivity contribution is 0.403. The highest BCUT2D eigenvalue weighted by Crippen LogP contribution is 2.20. The number of aromatic nitrogens is 5. The van der Waals surface area contributed by atoms with Crippen LogP contribution >= 0.6 is 0 Å². The van der Waals surface area contributed by atoms with Gasteiger partial charge in [-0.3, -0.25) is 10.2 Å². The van der Waals surface area contributed by atoms with Gasteiger partial charge < -0.3 is 10.2 Å². The zero-order valence-corrected chi connectivity index (χ0v) is 11.4. The van der Waals surface area contributed by atoms with Crippen LogP contribution in [0.5, 0.6) is 0 Å². The summed E-state index contributed by atoms with van der Waals surface area (Å²) in [5.41, 5.74) is 1.96. The van der Waals surface area contributed by atoms with E-state index in [9.17, 15) is 0 Å². The first kappa shape index (κ1) is 12.2. The SMILES string of the molecule is Cc1[nH]ncc1-c1nc(N2CC(C)NC(C)C2)n[nH]1. The molecule has 2 atom stereocenters. The Hall–Kier alpha value is -1.89. The standard InChI is InChI=1S/C12H19N7/c1-7-5-19(6-8(2)14-7)12-15-11(17-18-12)10-4-13-16-9(10)3/h4,7-8,14H,5-6H2,1-3H3,(H,13,16)(H,15,17,18). The van der Waals surface area contributed by atoms with Gasteiger partial charge in [-0.25, -0.2) is 0 Å². The van der Waals surface area contributed by atoms with Gasteiger partial charge in [0.2, 0.25) is 5.95 Å². The minimum absolute atomic E-state index is 0.446. The third kappa shape index (κ3) is 2.33. The molecule has 102 valence electrons. The van der Waals surface area contributed by atoms with Gasteiger partial charge in [0.15, 0.2) is 5.82 Å². The number of nitrogens with zero attached hydrogens (tertiary/aromatic N) is 4. The maximum Gasteiger partial charge on any atom is 0.245 e. The molecule has 1 fully saturated rings. The van der Waals surface area contributed by atoms with Crippen LogP contribution in [0.15, 0.2) is 6.20 Å². The lowest BCUT2D eigenvalue weighted by atomic mass is 10.1. The van der Waals surface area contributed by atoms with Gasteiger partial charge in [0.05, 0.1) is 11.8 Å². The molecule has 3 rings (SSSR count). The second kappa shape index (κ2) is 4.65. The van der Waals surface area contributed by atoms with Crippen LogP contribution in [0.4, 0.5) is 5.95 Å².